The maximum atomic E-state index is 12.3. The zero-order chi connectivity index (χ0) is 16.4. The minimum atomic E-state index is 0.00240. The number of thiocarbonyl (C=S) groups is 1. The molecule has 0 saturated carbocycles. The summed E-state index contributed by atoms with van der Waals surface area (Å²) in [6.45, 7) is 5.55. The second kappa shape index (κ2) is 6.72. The number of hydrogen-bond acceptors (Lipinski definition) is 4. The van der Waals surface area contributed by atoms with E-state index in [1.807, 2.05) is 31.2 Å². The smallest absolute Gasteiger partial charge is 0.266 e. The molecule has 1 fully saturated rings. The van der Waals surface area contributed by atoms with Gasteiger partial charge >= 0.3 is 0 Å². The van der Waals surface area contributed by atoms with Gasteiger partial charge in [-0.05, 0) is 43.7 Å². The monoisotopic (exact) mass is 342 g/mol. The summed E-state index contributed by atoms with van der Waals surface area (Å²) >= 11 is 6.62. The topological polar surface area (TPSA) is 23.6 Å². The number of benzene rings is 1. The van der Waals surface area contributed by atoms with Gasteiger partial charge in [-0.3, -0.25) is 9.69 Å². The molecule has 1 aromatic carbocycles. The summed E-state index contributed by atoms with van der Waals surface area (Å²) in [6, 6.07) is 8.32. The first-order chi connectivity index (χ1) is 11.2. The molecule has 0 bridgehead atoms. The lowest BCUT2D eigenvalue weighted by molar-refractivity contribution is -0.122. The van der Waals surface area contributed by atoms with Crippen molar-refractivity contribution < 1.29 is 4.79 Å². The zero-order valence-corrected chi connectivity index (χ0v) is 14.8. The second-order valence-corrected chi connectivity index (χ2v) is 6.85. The summed E-state index contributed by atoms with van der Waals surface area (Å²) in [7, 11) is 0. The van der Waals surface area contributed by atoms with Gasteiger partial charge in [-0.15, -0.1) is 0 Å². The van der Waals surface area contributed by atoms with E-state index in [1.165, 1.54) is 23.0 Å². The minimum Gasteiger partial charge on any atom is -0.341 e. The number of fused-ring (bicyclic) bond motifs is 1. The standard InChI is InChI=1S/C18H18N2OS2/c1-3-19-14(10-9-13-7-5-6-8-15(13)19)11-12-16-17(21)20(4-2)18(22)23-16/h5-12H,3-4H2,1-2H3/b14-11-,16-12+. The van der Waals surface area contributed by atoms with Crippen molar-refractivity contribution in [2.24, 2.45) is 0 Å². The van der Waals surface area contributed by atoms with Crippen molar-refractivity contribution in [3.63, 3.8) is 0 Å². The normalized spacial score (nSPS) is 20.8. The Balaban J connectivity index is 1.91. The first-order valence-electron chi connectivity index (χ1n) is 7.66. The molecule has 3 rings (SSSR count). The van der Waals surface area contributed by atoms with Crippen LogP contribution in [-0.4, -0.2) is 28.2 Å². The zero-order valence-electron chi connectivity index (χ0n) is 13.2. The van der Waals surface area contributed by atoms with Gasteiger partial charge in [0.1, 0.15) is 4.32 Å². The van der Waals surface area contributed by atoms with Crippen LogP contribution in [0.25, 0.3) is 6.08 Å². The Hall–Kier alpha value is -1.85. The third-order valence-corrected chi connectivity index (χ3v) is 5.28. The summed E-state index contributed by atoms with van der Waals surface area (Å²) < 4.78 is 0.638. The number of amides is 1. The molecule has 0 radical (unpaired) electrons. The lowest BCUT2D eigenvalue weighted by Gasteiger charge is -2.29. The lowest BCUT2D eigenvalue weighted by atomic mass is 10.1. The number of rotatable bonds is 3. The molecule has 0 unspecified atom stereocenters. The number of likely N-dealkylation sites (N-methyl/N-ethyl adjacent to an activating group) is 2. The summed E-state index contributed by atoms with van der Waals surface area (Å²) in [5.41, 5.74) is 3.48. The van der Waals surface area contributed by atoms with Gasteiger partial charge in [0.2, 0.25) is 0 Å². The number of hydrogen-bond donors (Lipinski definition) is 0. The molecule has 0 atom stereocenters. The van der Waals surface area contributed by atoms with E-state index in [1.54, 1.807) is 4.90 Å². The van der Waals surface area contributed by atoms with Crippen LogP contribution < -0.4 is 4.90 Å². The maximum Gasteiger partial charge on any atom is 0.266 e. The second-order valence-electron chi connectivity index (χ2n) is 5.18. The van der Waals surface area contributed by atoms with Crippen LogP contribution in [0.4, 0.5) is 5.69 Å². The van der Waals surface area contributed by atoms with Crippen LogP contribution in [0.1, 0.15) is 19.4 Å². The van der Waals surface area contributed by atoms with E-state index in [-0.39, 0.29) is 5.91 Å². The van der Waals surface area contributed by atoms with Crippen LogP contribution in [-0.2, 0) is 4.79 Å². The molecule has 5 heteroatoms. The molecule has 0 aliphatic carbocycles. The molecule has 3 nitrogen and oxygen atoms in total. The van der Waals surface area contributed by atoms with Gasteiger partial charge < -0.3 is 4.90 Å². The lowest BCUT2D eigenvalue weighted by Crippen LogP contribution is -2.27. The van der Waals surface area contributed by atoms with Crippen LogP contribution in [0.5, 0.6) is 0 Å². The fourth-order valence-electron chi connectivity index (χ4n) is 2.72. The molecule has 1 amide bonds. The predicted octanol–water partition coefficient (Wildman–Crippen LogP) is 4.19. The molecule has 118 valence electrons. The van der Waals surface area contributed by atoms with Crippen LogP contribution in [0, 0.1) is 0 Å². The molecule has 0 spiro atoms. The van der Waals surface area contributed by atoms with E-state index in [0.29, 0.717) is 15.8 Å². The van der Waals surface area contributed by atoms with Crippen molar-refractivity contribution in [1.29, 1.82) is 0 Å². The summed E-state index contributed by atoms with van der Waals surface area (Å²) in [5, 5.41) is 0. The first kappa shape index (κ1) is 16.0. The van der Waals surface area contributed by atoms with Crippen molar-refractivity contribution in [3.05, 3.63) is 58.7 Å². The maximum absolute atomic E-state index is 12.3. The van der Waals surface area contributed by atoms with E-state index in [2.05, 4.69) is 36.1 Å². The molecule has 0 aromatic heterocycles. The highest BCUT2D eigenvalue weighted by Crippen LogP contribution is 2.33. The van der Waals surface area contributed by atoms with Gasteiger partial charge in [-0.2, -0.15) is 0 Å². The van der Waals surface area contributed by atoms with Crippen molar-refractivity contribution in [2.75, 3.05) is 18.0 Å². The van der Waals surface area contributed by atoms with Gasteiger partial charge in [0.25, 0.3) is 5.91 Å². The molecule has 23 heavy (non-hydrogen) atoms. The van der Waals surface area contributed by atoms with Crippen molar-refractivity contribution in [1.82, 2.24) is 4.90 Å². The number of carbonyl (C=O) groups is 1. The summed E-state index contributed by atoms with van der Waals surface area (Å²) in [5.74, 6) is 0.00240. The molecule has 2 heterocycles. The van der Waals surface area contributed by atoms with E-state index in [4.69, 9.17) is 12.2 Å². The van der Waals surface area contributed by atoms with Gasteiger partial charge in [-0.1, -0.05) is 48.3 Å². The Morgan fingerprint density at radius 2 is 1.83 bits per heavy atom. The van der Waals surface area contributed by atoms with E-state index in [9.17, 15) is 4.79 Å². The Kier molecular flexibility index (Phi) is 4.68. The van der Waals surface area contributed by atoms with Gasteiger partial charge in [0.15, 0.2) is 0 Å². The Bertz CT molecular complexity index is 749. The van der Waals surface area contributed by atoms with Crippen molar-refractivity contribution >= 4 is 46.0 Å². The molecular weight excluding hydrogens is 324 g/mol. The van der Waals surface area contributed by atoms with Crippen LogP contribution in [0.2, 0.25) is 0 Å². The third kappa shape index (κ3) is 2.99. The first-order valence-corrected chi connectivity index (χ1v) is 8.88. The number of carbonyl (C=O) groups excluding carboxylic acids is 1. The number of allylic oxidation sites excluding steroid dienone is 3. The quantitative estimate of drug-likeness (QED) is 0.607. The summed E-state index contributed by atoms with van der Waals surface area (Å²) in [4.78, 5) is 16.8. The number of thioether (sulfide) groups is 1. The van der Waals surface area contributed by atoms with Crippen molar-refractivity contribution in [2.45, 2.75) is 13.8 Å². The molecule has 0 N–H and O–H groups in total. The third-order valence-electron chi connectivity index (χ3n) is 3.88. The van der Waals surface area contributed by atoms with E-state index < -0.39 is 0 Å². The fourth-order valence-corrected chi connectivity index (χ4v) is 4.05. The van der Waals surface area contributed by atoms with Crippen LogP contribution in [0.15, 0.2) is 53.1 Å². The van der Waals surface area contributed by atoms with Gasteiger partial charge in [0, 0.05) is 24.5 Å². The Morgan fingerprint density at radius 1 is 1.09 bits per heavy atom. The predicted molar refractivity (Wildman–Crippen MR) is 102 cm³/mol. The molecule has 2 aliphatic rings. The highest BCUT2D eigenvalue weighted by atomic mass is 32.2. The fraction of sp³-hybridized carbons (Fsp3) is 0.222. The Labute approximate surface area is 146 Å². The number of para-hydroxylation sites is 1. The van der Waals surface area contributed by atoms with E-state index in [0.717, 1.165) is 12.2 Å². The highest BCUT2D eigenvalue weighted by molar-refractivity contribution is 8.26. The molecule has 1 aromatic rings. The van der Waals surface area contributed by atoms with Crippen LogP contribution >= 0.6 is 24.0 Å². The Morgan fingerprint density at radius 3 is 2.52 bits per heavy atom. The van der Waals surface area contributed by atoms with Crippen LogP contribution in [0.3, 0.4) is 0 Å². The largest absolute Gasteiger partial charge is 0.341 e. The number of nitrogens with zero attached hydrogens (tertiary/aromatic N) is 2. The van der Waals surface area contributed by atoms with E-state index >= 15 is 0 Å². The molecule has 2 aliphatic heterocycles. The molecule has 1 saturated heterocycles. The SMILES string of the molecule is CCN1C(=O)/C(=C\C=C2\C=Cc3ccccc3N2CC)SC1=S. The molecular formula is C18H18N2OS2. The average molecular weight is 342 g/mol. The van der Waals surface area contributed by atoms with Crippen molar-refractivity contribution in [3.8, 4) is 0 Å². The average Bonchev–Trinajstić information content (AvgIpc) is 2.85. The van der Waals surface area contributed by atoms with Gasteiger partial charge in [-0.25, -0.2) is 0 Å². The highest BCUT2D eigenvalue weighted by Gasteiger charge is 2.30. The minimum absolute atomic E-state index is 0.00240. The van der Waals surface area contributed by atoms with Gasteiger partial charge in [0.05, 0.1) is 4.91 Å². The summed E-state index contributed by atoms with van der Waals surface area (Å²) in [6.07, 6.45) is 8.07. The number of anilines is 1.